The first kappa shape index (κ1) is 19.9. The van der Waals surface area contributed by atoms with Crippen LogP contribution in [0.3, 0.4) is 0 Å². The molecule has 0 spiro atoms. The fourth-order valence-corrected chi connectivity index (χ4v) is 3.45. The van der Waals surface area contributed by atoms with Crippen LogP contribution in [0.5, 0.6) is 5.75 Å². The Hall–Kier alpha value is -2.82. The number of piperazine rings is 1. The summed E-state index contributed by atoms with van der Waals surface area (Å²) < 4.78 is 5.70. The first-order valence-electron chi connectivity index (χ1n) is 9.82. The Morgan fingerprint density at radius 3 is 2.18 bits per heavy atom. The highest BCUT2D eigenvalue weighted by molar-refractivity contribution is 5.79. The maximum Gasteiger partial charge on any atom is 0.260 e. The van der Waals surface area contributed by atoms with E-state index in [1.54, 1.807) is 4.90 Å². The molecule has 2 aromatic rings. The summed E-state index contributed by atoms with van der Waals surface area (Å²) in [4.78, 5) is 28.5. The minimum atomic E-state index is -0.0311. The molecule has 0 saturated carbocycles. The SMILES string of the molecule is Cc1ccc(OCC(=O)N2CCN(C(=O)CCc3ccccc3)CC2)c(C)c1. The van der Waals surface area contributed by atoms with Gasteiger partial charge in [-0.05, 0) is 37.5 Å². The van der Waals surface area contributed by atoms with Crippen molar-refractivity contribution in [3.05, 3.63) is 65.2 Å². The van der Waals surface area contributed by atoms with Crippen molar-refractivity contribution < 1.29 is 14.3 Å². The quantitative estimate of drug-likeness (QED) is 0.774. The molecule has 1 heterocycles. The van der Waals surface area contributed by atoms with Crippen LogP contribution in [0.15, 0.2) is 48.5 Å². The maximum atomic E-state index is 12.4. The third-order valence-corrected chi connectivity index (χ3v) is 5.14. The largest absolute Gasteiger partial charge is 0.484 e. The lowest BCUT2D eigenvalue weighted by atomic mass is 10.1. The van der Waals surface area contributed by atoms with E-state index in [1.807, 2.05) is 67.3 Å². The van der Waals surface area contributed by atoms with Crippen LogP contribution in [0.2, 0.25) is 0 Å². The molecule has 0 aromatic heterocycles. The normalized spacial score (nSPS) is 14.1. The molecule has 2 amide bonds. The van der Waals surface area contributed by atoms with Gasteiger partial charge in [-0.15, -0.1) is 0 Å². The van der Waals surface area contributed by atoms with Gasteiger partial charge in [0.05, 0.1) is 0 Å². The van der Waals surface area contributed by atoms with Crippen LogP contribution in [0.25, 0.3) is 0 Å². The van der Waals surface area contributed by atoms with Crippen LogP contribution in [0, 0.1) is 13.8 Å². The maximum absolute atomic E-state index is 12.4. The molecule has 1 fully saturated rings. The number of nitrogens with zero attached hydrogens (tertiary/aromatic N) is 2. The number of amides is 2. The predicted octanol–water partition coefficient (Wildman–Crippen LogP) is 2.99. The van der Waals surface area contributed by atoms with Crippen molar-refractivity contribution in [3.63, 3.8) is 0 Å². The van der Waals surface area contributed by atoms with Crippen LogP contribution < -0.4 is 4.74 Å². The predicted molar refractivity (Wildman–Crippen MR) is 109 cm³/mol. The molecular weight excluding hydrogens is 352 g/mol. The van der Waals surface area contributed by atoms with Crippen LogP contribution >= 0.6 is 0 Å². The number of carbonyl (C=O) groups is 2. The highest BCUT2D eigenvalue weighted by atomic mass is 16.5. The van der Waals surface area contributed by atoms with Crippen molar-refractivity contribution in [1.29, 1.82) is 0 Å². The summed E-state index contributed by atoms with van der Waals surface area (Å²) in [5.74, 6) is 0.868. The third-order valence-electron chi connectivity index (χ3n) is 5.14. The zero-order chi connectivity index (χ0) is 19.9. The molecule has 2 aromatic carbocycles. The zero-order valence-electron chi connectivity index (χ0n) is 16.7. The van der Waals surface area contributed by atoms with Crippen molar-refractivity contribution in [2.45, 2.75) is 26.7 Å². The second kappa shape index (κ2) is 9.40. The van der Waals surface area contributed by atoms with Crippen LogP contribution in [0.1, 0.15) is 23.1 Å². The van der Waals surface area contributed by atoms with E-state index in [2.05, 4.69) is 0 Å². The Morgan fingerprint density at radius 1 is 0.893 bits per heavy atom. The summed E-state index contributed by atoms with van der Waals surface area (Å²) in [5.41, 5.74) is 3.37. The average molecular weight is 380 g/mol. The van der Waals surface area contributed by atoms with E-state index in [4.69, 9.17) is 4.74 Å². The van der Waals surface area contributed by atoms with Gasteiger partial charge in [-0.25, -0.2) is 0 Å². The Bertz CT molecular complexity index is 812. The van der Waals surface area contributed by atoms with Gasteiger partial charge in [0, 0.05) is 32.6 Å². The topological polar surface area (TPSA) is 49.9 Å². The van der Waals surface area contributed by atoms with Gasteiger partial charge in [0.2, 0.25) is 5.91 Å². The van der Waals surface area contributed by atoms with Gasteiger partial charge in [0.1, 0.15) is 5.75 Å². The molecule has 3 rings (SSSR count). The lowest BCUT2D eigenvalue weighted by molar-refractivity contribution is -0.140. The molecule has 5 heteroatoms. The Balaban J connectivity index is 1.41. The average Bonchev–Trinajstić information content (AvgIpc) is 2.72. The molecule has 0 aliphatic carbocycles. The lowest BCUT2D eigenvalue weighted by Crippen LogP contribution is -2.51. The van der Waals surface area contributed by atoms with Gasteiger partial charge >= 0.3 is 0 Å². The van der Waals surface area contributed by atoms with Crippen LogP contribution in [-0.4, -0.2) is 54.4 Å². The van der Waals surface area contributed by atoms with E-state index in [0.717, 1.165) is 17.7 Å². The number of carbonyl (C=O) groups excluding carboxylic acids is 2. The van der Waals surface area contributed by atoms with Crippen LogP contribution in [-0.2, 0) is 16.0 Å². The molecule has 28 heavy (non-hydrogen) atoms. The number of hydrogen-bond acceptors (Lipinski definition) is 3. The molecule has 5 nitrogen and oxygen atoms in total. The van der Waals surface area contributed by atoms with Gasteiger partial charge in [0.25, 0.3) is 5.91 Å². The molecule has 1 aliphatic heterocycles. The number of ether oxygens (including phenoxy) is 1. The van der Waals surface area contributed by atoms with Gasteiger partial charge < -0.3 is 14.5 Å². The van der Waals surface area contributed by atoms with Crippen molar-refractivity contribution in [2.24, 2.45) is 0 Å². The Labute approximate surface area is 166 Å². The molecule has 1 saturated heterocycles. The fourth-order valence-electron chi connectivity index (χ4n) is 3.45. The molecule has 148 valence electrons. The first-order chi connectivity index (χ1) is 13.5. The molecule has 0 atom stereocenters. The van der Waals surface area contributed by atoms with Gasteiger partial charge in [-0.1, -0.05) is 48.0 Å². The van der Waals surface area contributed by atoms with Crippen molar-refractivity contribution >= 4 is 11.8 Å². The fraction of sp³-hybridized carbons (Fsp3) is 0.391. The van der Waals surface area contributed by atoms with E-state index in [1.165, 1.54) is 11.1 Å². The molecule has 0 unspecified atom stereocenters. The van der Waals surface area contributed by atoms with E-state index in [0.29, 0.717) is 32.6 Å². The third kappa shape index (κ3) is 5.35. The molecular formula is C23H28N2O3. The van der Waals surface area contributed by atoms with Crippen LogP contribution in [0.4, 0.5) is 0 Å². The molecule has 0 bridgehead atoms. The molecule has 0 N–H and O–H groups in total. The lowest BCUT2D eigenvalue weighted by Gasteiger charge is -2.34. The van der Waals surface area contributed by atoms with Crippen molar-refractivity contribution in [2.75, 3.05) is 32.8 Å². The van der Waals surface area contributed by atoms with Gasteiger partial charge in [-0.3, -0.25) is 9.59 Å². The number of benzene rings is 2. The minimum absolute atomic E-state index is 0.0311. The Kier molecular flexibility index (Phi) is 6.69. The van der Waals surface area contributed by atoms with E-state index >= 15 is 0 Å². The highest BCUT2D eigenvalue weighted by Gasteiger charge is 2.24. The van der Waals surface area contributed by atoms with E-state index in [9.17, 15) is 9.59 Å². The second-order valence-corrected chi connectivity index (χ2v) is 7.30. The smallest absolute Gasteiger partial charge is 0.260 e. The summed E-state index contributed by atoms with van der Waals surface area (Å²) in [6.07, 6.45) is 1.26. The second-order valence-electron chi connectivity index (χ2n) is 7.30. The van der Waals surface area contributed by atoms with Gasteiger partial charge in [0.15, 0.2) is 6.61 Å². The van der Waals surface area contributed by atoms with E-state index in [-0.39, 0.29) is 18.4 Å². The summed E-state index contributed by atoms with van der Waals surface area (Å²) in [6.45, 7) is 6.34. The Morgan fingerprint density at radius 2 is 1.54 bits per heavy atom. The molecule has 1 aliphatic rings. The van der Waals surface area contributed by atoms with Crippen molar-refractivity contribution in [3.8, 4) is 5.75 Å². The summed E-state index contributed by atoms with van der Waals surface area (Å²) in [5, 5.41) is 0. The highest BCUT2D eigenvalue weighted by Crippen LogP contribution is 2.19. The van der Waals surface area contributed by atoms with Crippen molar-refractivity contribution in [1.82, 2.24) is 9.80 Å². The minimum Gasteiger partial charge on any atom is -0.484 e. The zero-order valence-corrected chi connectivity index (χ0v) is 16.7. The summed E-state index contributed by atoms with van der Waals surface area (Å²) in [6, 6.07) is 16.0. The number of rotatable bonds is 6. The number of aryl methyl sites for hydroxylation is 3. The standard InChI is InChI=1S/C23H28N2O3/c1-18-8-10-21(19(2)16-18)28-17-23(27)25-14-12-24(13-15-25)22(26)11-9-20-6-4-3-5-7-20/h3-8,10,16H,9,11-15,17H2,1-2H3. The first-order valence-corrected chi connectivity index (χ1v) is 9.82. The van der Waals surface area contributed by atoms with E-state index < -0.39 is 0 Å². The summed E-state index contributed by atoms with van der Waals surface area (Å²) >= 11 is 0. The van der Waals surface area contributed by atoms with Gasteiger partial charge in [-0.2, -0.15) is 0 Å². The summed E-state index contributed by atoms with van der Waals surface area (Å²) in [7, 11) is 0. The molecule has 0 radical (unpaired) electrons. The number of hydrogen-bond donors (Lipinski definition) is 0. The monoisotopic (exact) mass is 380 g/mol.